The molecule has 2 heteroatoms. The van der Waals surface area contributed by atoms with E-state index in [0.29, 0.717) is 22.5 Å². The minimum atomic E-state index is -0.619. The van der Waals surface area contributed by atoms with Crippen LogP contribution < -0.4 is 0 Å². The third-order valence-corrected chi connectivity index (χ3v) is 5.58. The molecule has 5 rings (SSSR count). The molecule has 0 atom stereocenters. The van der Waals surface area contributed by atoms with Crippen molar-refractivity contribution < 1.29 is 13.7 Å². The summed E-state index contributed by atoms with van der Waals surface area (Å²) in [6, 6.07) is 4.29. The van der Waals surface area contributed by atoms with Crippen LogP contribution in [0.1, 0.15) is 66.4 Å². The molecule has 0 N–H and O–H groups in total. The normalized spacial score (nSPS) is 17.1. The monoisotopic (exact) mass is 430 g/mol. The van der Waals surface area contributed by atoms with Gasteiger partial charge in [-0.05, 0) is 52.2 Å². The lowest BCUT2D eigenvalue weighted by atomic mass is 9.87. The van der Waals surface area contributed by atoms with E-state index in [1.807, 2.05) is 41.5 Å². The van der Waals surface area contributed by atoms with Crippen LogP contribution in [-0.4, -0.2) is 9.13 Å². The number of rotatable bonds is 2. The van der Waals surface area contributed by atoms with Crippen LogP contribution in [0, 0.1) is 0 Å². The molecular weight excluding hydrogens is 388 g/mol. The molecule has 0 amide bonds. The molecule has 0 aliphatic carbocycles. The summed E-state index contributed by atoms with van der Waals surface area (Å²) in [5.74, 6) is 0. The molecule has 162 valence electrons. The van der Waals surface area contributed by atoms with Crippen molar-refractivity contribution in [3.05, 3.63) is 96.1 Å². The Kier molecular flexibility index (Phi) is 2.70. The Morgan fingerprint density at radius 3 is 1.44 bits per heavy atom. The standard InChI is InChI=1S/C30H32N2/c1-29(2,3)25-19-31(27-16-9-7-14-23(25)27)21-12-11-13-22(18-21)32-20-26(30(4,5)6)24-15-8-10-17-28(24)32/h7-20H,1-6H3/i7D,8D,9D,10D,14D,15D,16D,17D,19D,20D. The summed E-state index contributed by atoms with van der Waals surface area (Å²) >= 11 is 0. The fourth-order valence-corrected chi connectivity index (χ4v) is 4.00. The molecule has 2 heterocycles. The summed E-state index contributed by atoms with van der Waals surface area (Å²) in [5, 5.41) is 0.557. The van der Waals surface area contributed by atoms with E-state index in [9.17, 15) is 2.74 Å². The van der Waals surface area contributed by atoms with Gasteiger partial charge in [-0.15, -0.1) is 0 Å². The second-order valence-electron chi connectivity index (χ2n) is 10.1. The quantitative estimate of drug-likeness (QED) is 0.267. The molecule has 0 unspecified atom stereocenters. The zero-order chi connectivity index (χ0) is 31.4. The van der Waals surface area contributed by atoms with Crippen molar-refractivity contribution in [3.63, 3.8) is 0 Å². The molecule has 0 fully saturated rings. The van der Waals surface area contributed by atoms with Crippen LogP contribution >= 0.6 is 0 Å². The average molecular weight is 431 g/mol. The molecule has 32 heavy (non-hydrogen) atoms. The van der Waals surface area contributed by atoms with Gasteiger partial charge in [-0.2, -0.15) is 0 Å². The Bertz CT molecular complexity index is 1820. The third-order valence-electron chi connectivity index (χ3n) is 5.58. The number of benzene rings is 3. The van der Waals surface area contributed by atoms with Crippen molar-refractivity contribution in [2.75, 3.05) is 0 Å². The summed E-state index contributed by atoms with van der Waals surface area (Å²) in [6.07, 6.45) is 0.0322. The first-order valence-electron chi connectivity index (χ1n) is 15.7. The first-order valence-corrected chi connectivity index (χ1v) is 10.7. The molecule has 0 saturated heterocycles. The fraction of sp³-hybridized carbons (Fsp3) is 0.267. The maximum atomic E-state index is 9.18. The lowest BCUT2D eigenvalue weighted by Gasteiger charge is -2.17. The molecule has 0 radical (unpaired) electrons. The number of para-hydroxylation sites is 2. The Balaban J connectivity index is 1.93. The minimum absolute atomic E-state index is 0.0161. The summed E-state index contributed by atoms with van der Waals surface area (Å²) < 4.78 is 89.4. The number of aromatic nitrogens is 2. The number of nitrogens with zero attached hydrogens (tertiary/aromatic N) is 2. The van der Waals surface area contributed by atoms with Gasteiger partial charge in [-0.25, -0.2) is 0 Å². The van der Waals surface area contributed by atoms with Gasteiger partial charge in [0, 0.05) is 34.5 Å². The van der Waals surface area contributed by atoms with E-state index < -0.39 is 22.9 Å². The van der Waals surface area contributed by atoms with Gasteiger partial charge < -0.3 is 9.13 Å². The summed E-state index contributed by atoms with van der Waals surface area (Å²) in [5.41, 5.74) is 0.906. The maximum Gasteiger partial charge on any atom is 0.0826 e. The highest BCUT2D eigenvalue weighted by molar-refractivity contribution is 5.88. The van der Waals surface area contributed by atoms with Crippen molar-refractivity contribution >= 4 is 21.8 Å². The molecule has 2 aromatic heterocycles. The first kappa shape index (κ1) is 12.1. The van der Waals surface area contributed by atoms with Gasteiger partial charge in [0.2, 0.25) is 0 Å². The average Bonchev–Trinajstić information content (AvgIpc) is 3.40. The Morgan fingerprint density at radius 2 is 1.03 bits per heavy atom. The third kappa shape index (κ3) is 3.35. The van der Waals surface area contributed by atoms with Crippen LogP contribution in [0.5, 0.6) is 0 Å². The molecule has 5 aromatic rings. The highest BCUT2D eigenvalue weighted by atomic mass is 15.0. The molecule has 3 aromatic carbocycles. The molecule has 0 bridgehead atoms. The Hall–Kier alpha value is -3.26. The zero-order valence-corrected chi connectivity index (χ0v) is 19.2. The summed E-state index contributed by atoms with van der Waals surface area (Å²) in [6.45, 7) is 11.3. The van der Waals surface area contributed by atoms with Crippen molar-refractivity contribution in [1.29, 1.82) is 0 Å². The lowest BCUT2D eigenvalue weighted by Crippen LogP contribution is -2.10. The van der Waals surface area contributed by atoms with Crippen LogP contribution in [0.3, 0.4) is 0 Å². The zero-order valence-electron chi connectivity index (χ0n) is 29.2. The predicted molar refractivity (Wildman–Crippen MR) is 138 cm³/mol. The lowest BCUT2D eigenvalue weighted by molar-refractivity contribution is 0.594. The van der Waals surface area contributed by atoms with Crippen molar-refractivity contribution in [2.45, 2.75) is 52.4 Å². The van der Waals surface area contributed by atoms with E-state index in [2.05, 4.69) is 0 Å². The number of hydrogen-bond acceptors (Lipinski definition) is 0. The van der Waals surface area contributed by atoms with E-state index >= 15 is 0 Å². The highest BCUT2D eigenvalue weighted by Crippen LogP contribution is 2.36. The Morgan fingerprint density at radius 1 is 0.625 bits per heavy atom. The van der Waals surface area contributed by atoms with Gasteiger partial charge in [0.1, 0.15) is 0 Å². The van der Waals surface area contributed by atoms with E-state index in [1.54, 1.807) is 24.3 Å². The van der Waals surface area contributed by atoms with Crippen molar-refractivity contribution in [2.24, 2.45) is 0 Å². The molecule has 0 aliphatic heterocycles. The van der Waals surface area contributed by atoms with E-state index in [4.69, 9.17) is 11.0 Å². The first-order chi connectivity index (χ1) is 19.3. The molecule has 2 nitrogen and oxygen atoms in total. The maximum absolute atomic E-state index is 9.18. The number of fused-ring (bicyclic) bond motifs is 2. The van der Waals surface area contributed by atoms with Gasteiger partial charge in [0.05, 0.1) is 24.7 Å². The Labute approximate surface area is 205 Å². The van der Waals surface area contributed by atoms with E-state index in [-0.39, 0.29) is 70.4 Å². The summed E-state index contributed by atoms with van der Waals surface area (Å²) in [4.78, 5) is 0. The van der Waals surface area contributed by atoms with E-state index in [0.717, 1.165) is 0 Å². The van der Waals surface area contributed by atoms with Gasteiger partial charge in [0.15, 0.2) is 0 Å². The molecule has 0 saturated carbocycles. The topological polar surface area (TPSA) is 9.86 Å². The van der Waals surface area contributed by atoms with Gasteiger partial charge in [0.25, 0.3) is 0 Å². The van der Waals surface area contributed by atoms with E-state index in [1.165, 1.54) is 9.13 Å². The van der Waals surface area contributed by atoms with Crippen LogP contribution in [0.4, 0.5) is 0 Å². The van der Waals surface area contributed by atoms with Crippen LogP contribution in [0.15, 0.2) is 85.0 Å². The molecule has 0 spiro atoms. The second-order valence-corrected chi connectivity index (χ2v) is 10.1. The van der Waals surface area contributed by atoms with Crippen molar-refractivity contribution in [1.82, 2.24) is 9.13 Å². The highest BCUT2D eigenvalue weighted by Gasteiger charge is 2.22. The second kappa shape index (κ2) is 7.13. The predicted octanol–water partition coefficient (Wildman–Crippen LogP) is 8.17. The van der Waals surface area contributed by atoms with Gasteiger partial charge >= 0.3 is 0 Å². The largest absolute Gasteiger partial charge is 0.316 e. The number of hydrogen-bond donors (Lipinski definition) is 0. The minimum Gasteiger partial charge on any atom is -0.316 e. The summed E-state index contributed by atoms with van der Waals surface area (Å²) in [7, 11) is 0. The van der Waals surface area contributed by atoms with Crippen molar-refractivity contribution in [3.8, 4) is 11.4 Å². The van der Waals surface area contributed by atoms with Crippen LogP contribution in [-0.2, 0) is 10.8 Å². The fourth-order valence-electron chi connectivity index (χ4n) is 4.00. The smallest absolute Gasteiger partial charge is 0.0826 e. The van der Waals surface area contributed by atoms with Gasteiger partial charge in [-0.3, -0.25) is 0 Å². The molecule has 0 aliphatic rings. The van der Waals surface area contributed by atoms with Crippen LogP contribution in [0.2, 0.25) is 0 Å². The van der Waals surface area contributed by atoms with Gasteiger partial charge in [-0.1, -0.05) is 83.9 Å². The van der Waals surface area contributed by atoms with Crippen LogP contribution in [0.25, 0.3) is 33.2 Å². The molecular formula is C30H32N2. The SMILES string of the molecule is [2H]c1c([2H])c([2H])c2c(c1[2H])c(C(C)(C)C)c([2H])n2-c1cccc(-n2c([2H])c(C(C)(C)C)c3c([2H])c([2H])c([2H])c([2H])c32)c1.